The van der Waals surface area contributed by atoms with Crippen LogP contribution >= 0.6 is 0 Å². The molecule has 2 heterocycles. The molecule has 1 aromatic carbocycles. The molecule has 0 saturated heterocycles. The topological polar surface area (TPSA) is 83.2 Å². The van der Waals surface area contributed by atoms with Crippen molar-refractivity contribution in [2.75, 3.05) is 12.3 Å². The third kappa shape index (κ3) is 2.29. The van der Waals surface area contributed by atoms with Gasteiger partial charge >= 0.3 is 0 Å². The molecule has 1 aromatic heterocycles. The number of nitrogens with zero attached hydrogens (tertiary/aromatic N) is 3. The Bertz CT molecular complexity index is 603. The molecule has 1 aliphatic rings. The summed E-state index contributed by atoms with van der Waals surface area (Å²) < 4.78 is 11.5. The van der Waals surface area contributed by atoms with Crippen molar-refractivity contribution in [1.82, 2.24) is 15.0 Å². The van der Waals surface area contributed by atoms with Crippen LogP contribution in [0, 0.1) is 0 Å². The van der Waals surface area contributed by atoms with Crippen LogP contribution in [0.15, 0.2) is 24.3 Å². The largest absolute Gasteiger partial charge is 0.485 e. The van der Waals surface area contributed by atoms with Gasteiger partial charge < -0.3 is 15.2 Å². The highest BCUT2D eigenvalue weighted by atomic mass is 16.6. The van der Waals surface area contributed by atoms with Gasteiger partial charge in [-0.2, -0.15) is 9.97 Å². The quantitative estimate of drug-likeness (QED) is 0.879. The van der Waals surface area contributed by atoms with Crippen molar-refractivity contribution in [1.29, 1.82) is 0 Å². The Kier molecular flexibility index (Phi) is 2.91. The third-order valence-electron chi connectivity index (χ3n) is 2.83. The van der Waals surface area contributed by atoms with E-state index in [2.05, 4.69) is 15.0 Å². The highest BCUT2D eigenvalue weighted by molar-refractivity contribution is 5.41. The average molecular weight is 258 g/mol. The molecule has 0 bridgehead atoms. The Morgan fingerprint density at radius 2 is 2.00 bits per heavy atom. The number of fused-ring (bicyclic) bond motifs is 1. The van der Waals surface area contributed by atoms with Crippen LogP contribution in [0.25, 0.3) is 0 Å². The third-order valence-corrected chi connectivity index (χ3v) is 2.83. The standard InChI is InChI=1S/C13H14N4O2/c1-2-11-15-12(17-13(14)16-11)10-7-18-8-5-3-4-6-9(8)19-10/h3-6,10H,2,7H2,1H3,(H2,14,15,16,17). The Morgan fingerprint density at radius 1 is 1.21 bits per heavy atom. The maximum Gasteiger partial charge on any atom is 0.223 e. The van der Waals surface area contributed by atoms with E-state index in [4.69, 9.17) is 15.2 Å². The van der Waals surface area contributed by atoms with E-state index in [1.54, 1.807) is 0 Å². The van der Waals surface area contributed by atoms with Crippen LogP contribution in [0.5, 0.6) is 11.5 Å². The number of rotatable bonds is 2. The molecule has 0 spiro atoms. The first-order valence-electron chi connectivity index (χ1n) is 6.15. The Morgan fingerprint density at radius 3 is 2.79 bits per heavy atom. The zero-order valence-electron chi connectivity index (χ0n) is 10.5. The number of ether oxygens (including phenoxy) is 2. The molecule has 1 atom stereocenters. The van der Waals surface area contributed by atoms with E-state index in [1.165, 1.54) is 0 Å². The fourth-order valence-corrected chi connectivity index (χ4v) is 1.91. The van der Waals surface area contributed by atoms with Crippen molar-refractivity contribution in [3.63, 3.8) is 0 Å². The molecule has 0 aliphatic carbocycles. The fourth-order valence-electron chi connectivity index (χ4n) is 1.91. The van der Waals surface area contributed by atoms with Crippen LogP contribution in [-0.4, -0.2) is 21.6 Å². The van der Waals surface area contributed by atoms with Crippen molar-refractivity contribution in [3.05, 3.63) is 35.9 Å². The molecule has 19 heavy (non-hydrogen) atoms. The van der Waals surface area contributed by atoms with Crippen molar-refractivity contribution in [2.24, 2.45) is 0 Å². The molecule has 0 amide bonds. The highest BCUT2D eigenvalue weighted by Gasteiger charge is 2.25. The summed E-state index contributed by atoms with van der Waals surface area (Å²) in [5, 5.41) is 0. The molecule has 2 aromatic rings. The van der Waals surface area contributed by atoms with Crippen LogP contribution in [0.3, 0.4) is 0 Å². The van der Waals surface area contributed by atoms with E-state index in [-0.39, 0.29) is 12.1 Å². The summed E-state index contributed by atoms with van der Waals surface area (Å²) in [7, 11) is 0. The maximum absolute atomic E-state index is 5.84. The lowest BCUT2D eigenvalue weighted by Crippen LogP contribution is -2.24. The molecule has 2 N–H and O–H groups in total. The lowest BCUT2D eigenvalue weighted by molar-refractivity contribution is 0.0848. The predicted octanol–water partition coefficient (Wildman–Crippen LogP) is 1.53. The van der Waals surface area contributed by atoms with Gasteiger partial charge in [-0.25, -0.2) is 4.98 Å². The molecule has 0 saturated carbocycles. The normalized spacial score (nSPS) is 17.2. The summed E-state index contributed by atoms with van der Waals surface area (Å²) in [5.74, 6) is 2.81. The maximum atomic E-state index is 5.84. The van der Waals surface area contributed by atoms with Crippen LogP contribution in [0.1, 0.15) is 24.7 Å². The molecule has 0 radical (unpaired) electrons. The SMILES string of the molecule is CCc1nc(N)nc(C2COc3ccccc3O2)n1. The van der Waals surface area contributed by atoms with Gasteiger partial charge in [-0.1, -0.05) is 19.1 Å². The summed E-state index contributed by atoms with van der Waals surface area (Å²) in [6.45, 7) is 2.33. The molecule has 3 rings (SSSR count). The van der Waals surface area contributed by atoms with E-state index in [1.807, 2.05) is 31.2 Å². The second kappa shape index (κ2) is 4.72. The van der Waals surface area contributed by atoms with Crippen molar-refractivity contribution < 1.29 is 9.47 Å². The average Bonchev–Trinajstić information content (AvgIpc) is 2.46. The second-order valence-electron chi connectivity index (χ2n) is 4.19. The Labute approximate surface area is 110 Å². The first-order valence-corrected chi connectivity index (χ1v) is 6.15. The first kappa shape index (κ1) is 11.7. The Hall–Kier alpha value is -2.37. The minimum Gasteiger partial charge on any atom is -0.485 e. The summed E-state index contributed by atoms with van der Waals surface area (Å²) in [6, 6.07) is 7.51. The number of benzene rings is 1. The van der Waals surface area contributed by atoms with E-state index in [0.29, 0.717) is 30.4 Å². The Balaban J connectivity index is 1.90. The van der Waals surface area contributed by atoms with E-state index < -0.39 is 0 Å². The molecular weight excluding hydrogens is 244 g/mol. The number of nitrogens with two attached hydrogens (primary N) is 1. The van der Waals surface area contributed by atoms with Crippen molar-refractivity contribution >= 4 is 5.95 Å². The summed E-state index contributed by atoms with van der Waals surface area (Å²) in [5.41, 5.74) is 5.68. The monoisotopic (exact) mass is 258 g/mol. The number of para-hydroxylation sites is 2. The zero-order chi connectivity index (χ0) is 13.2. The van der Waals surface area contributed by atoms with Gasteiger partial charge in [0.25, 0.3) is 0 Å². The van der Waals surface area contributed by atoms with Gasteiger partial charge in [0, 0.05) is 6.42 Å². The molecule has 0 fully saturated rings. The van der Waals surface area contributed by atoms with E-state index >= 15 is 0 Å². The summed E-state index contributed by atoms with van der Waals surface area (Å²) in [6.07, 6.45) is 0.342. The number of anilines is 1. The van der Waals surface area contributed by atoms with Gasteiger partial charge in [0.1, 0.15) is 12.4 Å². The number of aromatic nitrogens is 3. The minimum absolute atomic E-state index is 0.212. The van der Waals surface area contributed by atoms with Gasteiger partial charge in [0.15, 0.2) is 23.4 Å². The van der Waals surface area contributed by atoms with Gasteiger partial charge in [-0.15, -0.1) is 0 Å². The molecular formula is C13H14N4O2. The van der Waals surface area contributed by atoms with Gasteiger partial charge in [-0.05, 0) is 12.1 Å². The van der Waals surface area contributed by atoms with Gasteiger partial charge in [0.05, 0.1) is 0 Å². The fraction of sp³-hybridized carbons (Fsp3) is 0.308. The molecule has 1 aliphatic heterocycles. The lowest BCUT2D eigenvalue weighted by Gasteiger charge is -2.25. The lowest BCUT2D eigenvalue weighted by atomic mass is 10.2. The zero-order valence-corrected chi connectivity index (χ0v) is 10.5. The molecule has 98 valence electrons. The van der Waals surface area contributed by atoms with Gasteiger partial charge in [-0.3, -0.25) is 0 Å². The number of nitrogen functional groups attached to an aromatic ring is 1. The number of hydrogen-bond donors (Lipinski definition) is 1. The second-order valence-corrected chi connectivity index (χ2v) is 4.19. The van der Waals surface area contributed by atoms with E-state index in [0.717, 1.165) is 5.75 Å². The van der Waals surface area contributed by atoms with Crippen LogP contribution < -0.4 is 15.2 Å². The first-order chi connectivity index (χ1) is 9.26. The summed E-state index contributed by atoms with van der Waals surface area (Å²) >= 11 is 0. The van der Waals surface area contributed by atoms with Crippen molar-refractivity contribution in [2.45, 2.75) is 19.4 Å². The molecule has 1 unspecified atom stereocenters. The minimum atomic E-state index is -0.356. The summed E-state index contributed by atoms with van der Waals surface area (Å²) in [4.78, 5) is 12.5. The van der Waals surface area contributed by atoms with Gasteiger partial charge in [0.2, 0.25) is 5.95 Å². The van der Waals surface area contributed by atoms with Crippen LogP contribution in [0.2, 0.25) is 0 Å². The molecule has 6 nitrogen and oxygen atoms in total. The van der Waals surface area contributed by atoms with Crippen LogP contribution in [-0.2, 0) is 6.42 Å². The predicted molar refractivity (Wildman–Crippen MR) is 68.9 cm³/mol. The van der Waals surface area contributed by atoms with E-state index in [9.17, 15) is 0 Å². The molecule has 6 heteroatoms. The number of aryl methyl sites for hydroxylation is 1. The smallest absolute Gasteiger partial charge is 0.223 e. The number of hydrogen-bond acceptors (Lipinski definition) is 6. The van der Waals surface area contributed by atoms with Crippen molar-refractivity contribution in [3.8, 4) is 11.5 Å². The highest BCUT2D eigenvalue weighted by Crippen LogP contribution is 2.34. The van der Waals surface area contributed by atoms with Crippen LogP contribution in [0.4, 0.5) is 5.95 Å².